The van der Waals surface area contributed by atoms with Gasteiger partial charge in [-0.15, -0.1) is 11.6 Å². The van der Waals surface area contributed by atoms with E-state index in [4.69, 9.17) is 16.7 Å². The Morgan fingerprint density at radius 2 is 2.00 bits per heavy atom. The Kier molecular flexibility index (Phi) is 4.05. The van der Waals surface area contributed by atoms with Gasteiger partial charge in [-0.1, -0.05) is 0 Å². The summed E-state index contributed by atoms with van der Waals surface area (Å²) in [6.07, 6.45) is 0.478. The van der Waals surface area contributed by atoms with Gasteiger partial charge in [-0.25, -0.2) is 4.79 Å². The Morgan fingerprint density at radius 1 is 1.44 bits per heavy atom. The Labute approximate surface area is 57.6 Å². The van der Waals surface area contributed by atoms with Gasteiger partial charge >= 0.3 is 5.97 Å². The minimum absolute atomic E-state index is 0.0405. The molecule has 0 heterocycles. The molecule has 0 aliphatic rings. The van der Waals surface area contributed by atoms with Crippen molar-refractivity contribution in [2.24, 2.45) is 0 Å². The molecule has 0 saturated heterocycles. The predicted octanol–water partition coefficient (Wildman–Crippen LogP) is 0.659. The Morgan fingerprint density at radius 3 is 2.33 bits per heavy atom. The fraction of sp³-hybridized carbons (Fsp3) is 0.600. The van der Waals surface area contributed by atoms with Gasteiger partial charge in [0.05, 0.1) is 0 Å². The lowest BCUT2D eigenvalue weighted by Gasteiger charge is -1.88. The van der Waals surface area contributed by atoms with Crippen LogP contribution >= 0.6 is 11.6 Å². The van der Waals surface area contributed by atoms with E-state index in [1.807, 2.05) is 0 Å². The Hall–Kier alpha value is -0.570. The molecule has 0 unspecified atom stereocenters. The molecule has 0 aromatic carbocycles. The number of alkyl halides is 1. The molecule has 0 aromatic heterocycles. The second-order valence-electron chi connectivity index (χ2n) is 1.52. The topological polar surface area (TPSA) is 54.4 Å². The van der Waals surface area contributed by atoms with E-state index in [0.717, 1.165) is 0 Å². The summed E-state index contributed by atoms with van der Waals surface area (Å²) in [5, 5.41) is 8.02. The zero-order chi connectivity index (χ0) is 7.28. The Balaban J connectivity index is 3.39. The van der Waals surface area contributed by atoms with Gasteiger partial charge < -0.3 is 5.11 Å². The van der Waals surface area contributed by atoms with Crippen LogP contribution in [0.25, 0.3) is 0 Å². The summed E-state index contributed by atoms with van der Waals surface area (Å²) >= 11 is 5.21. The third kappa shape index (κ3) is 3.97. The number of hydrogen-bond donors (Lipinski definition) is 1. The number of ketones is 1. The number of rotatable bonds is 4. The molecule has 4 heteroatoms. The van der Waals surface area contributed by atoms with Crippen LogP contribution in [0.4, 0.5) is 0 Å². The first-order chi connectivity index (χ1) is 4.18. The quantitative estimate of drug-likeness (QED) is 0.473. The van der Waals surface area contributed by atoms with Crippen molar-refractivity contribution in [3.8, 4) is 0 Å². The van der Waals surface area contributed by atoms with E-state index in [1.165, 1.54) is 0 Å². The van der Waals surface area contributed by atoms with Crippen LogP contribution in [-0.4, -0.2) is 22.7 Å². The summed E-state index contributed by atoms with van der Waals surface area (Å²) in [4.78, 5) is 20.1. The van der Waals surface area contributed by atoms with Gasteiger partial charge in [0.1, 0.15) is 0 Å². The molecular formula is C5H7ClO3. The number of aliphatic carboxylic acids is 1. The molecule has 0 amide bonds. The number of Topliss-reactive ketones (excluding diaryl/α,β-unsaturated/α-hetero) is 1. The van der Waals surface area contributed by atoms with E-state index < -0.39 is 11.8 Å². The monoisotopic (exact) mass is 150 g/mol. The van der Waals surface area contributed by atoms with Crippen molar-refractivity contribution in [1.82, 2.24) is 0 Å². The highest BCUT2D eigenvalue weighted by molar-refractivity contribution is 6.32. The largest absolute Gasteiger partial charge is 0.476 e. The smallest absolute Gasteiger partial charge is 0.372 e. The van der Waals surface area contributed by atoms with Gasteiger partial charge in [-0.3, -0.25) is 4.79 Å². The second kappa shape index (κ2) is 4.32. The van der Waals surface area contributed by atoms with Crippen LogP contribution in [0.5, 0.6) is 0 Å². The molecule has 0 fully saturated rings. The van der Waals surface area contributed by atoms with Gasteiger partial charge in [0, 0.05) is 12.3 Å². The molecule has 52 valence electrons. The maximum Gasteiger partial charge on any atom is 0.372 e. The molecule has 0 radical (unpaired) electrons. The molecular weight excluding hydrogens is 144 g/mol. The third-order valence-electron chi connectivity index (χ3n) is 0.776. The van der Waals surface area contributed by atoms with Crippen LogP contribution in [0.3, 0.4) is 0 Å². The van der Waals surface area contributed by atoms with Gasteiger partial charge in [0.15, 0.2) is 0 Å². The van der Waals surface area contributed by atoms with Crippen molar-refractivity contribution in [2.75, 3.05) is 5.88 Å². The summed E-state index contributed by atoms with van der Waals surface area (Å²) in [5.74, 6) is -1.81. The predicted molar refractivity (Wildman–Crippen MR) is 32.6 cm³/mol. The van der Waals surface area contributed by atoms with Crippen molar-refractivity contribution in [3.63, 3.8) is 0 Å². The molecule has 0 aromatic rings. The van der Waals surface area contributed by atoms with E-state index in [1.54, 1.807) is 0 Å². The van der Waals surface area contributed by atoms with E-state index in [-0.39, 0.29) is 6.42 Å². The van der Waals surface area contributed by atoms with Gasteiger partial charge in [-0.2, -0.15) is 0 Å². The molecule has 0 rings (SSSR count). The van der Waals surface area contributed by atoms with Gasteiger partial charge in [0.25, 0.3) is 0 Å². The zero-order valence-corrected chi connectivity index (χ0v) is 5.52. The number of carbonyl (C=O) groups is 2. The van der Waals surface area contributed by atoms with E-state index in [9.17, 15) is 9.59 Å². The van der Waals surface area contributed by atoms with Crippen LogP contribution in [0.1, 0.15) is 12.8 Å². The maximum atomic E-state index is 10.2. The van der Waals surface area contributed by atoms with Gasteiger partial charge in [0.2, 0.25) is 5.78 Å². The fourth-order valence-electron chi connectivity index (χ4n) is 0.334. The summed E-state index contributed by atoms with van der Waals surface area (Å²) in [6, 6.07) is 0. The maximum absolute atomic E-state index is 10.2. The number of hydrogen-bond acceptors (Lipinski definition) is 2. The van der Waals surface area contributed by atoms with Gasteiger partial charge in [-0.05, 0) is 6.42 Å². The SMILES string of the molecule is O=C(O)C(=O)CCCCl. The zero-order valence-electron chi connectivity index (χ0n) is 4.76. The lowest BCUT2D eigenvalue weighted by molar-refractivity contribution is -0.149. The molecule has 0 aliphatic heterocycles. The van der Waals surface area contributed by atoms with E-state index >= 15 is 0 Å². The average molecular weight is 151 g/mol. The highest BCUT2D eigenvalue weighted by atomic mass is 35.5. The average Bonchev–Trinajstić information content (AvgIpc) is 1.82. The fourth-order valence-corrected chi connectivity index (χ4v) is 0.468. The standard InChI is InChI=1S/C5H7ClO3/c6-3-1-2-4(7)5(8)9/h1-3H2,(H,8,9). The van der Waals surface area contributed by atoms with Crippen molar-refractivity contribution >= 4 is 23.4 Å². The molecule has 0 spiro atoms. The summed E-state index contributed by atoms with van der Waals surface area (Å²) in [5.41, 5.74) is 0. The highest BCUT2D eigenvalue weighted by Crippen LogP contribution is 1.92. The third-order valence-corrected chi connectivity index (χ3v) is 1.04. The Bertz CT molecular complexity index is 121. The summed E-state index contributed by atoms with van der Waals surface area (Å²) < 4.78 is 0. The number of carboxylic acids is 1. The first kappa shape index (κ1) is 8.43. The van der Waals surface area contributed by atoms with E-state index in [0.29, 0.717) is 12.3 Å². The second-order valence-corrected chi connectivity index (χ2v) is 1.90. The van der Waals surface area contributed by atoms with E-state index in [2.05, 4.69) is 0 Å². The molecule has 3 nitrogen and oxygen atoms in total. The van der Waals surface area contributed by atoms with Crippen LogP contribution in [0.15, 0.2) is 0 Å². The summed E-state index contributed by atoms with van der Waals surface area (Å²) in [7, 11) is 0. The van der Waals surface area contributed by atoms with Crippen molar-refractivity contribution < 1.29 is 14.7 Å². The molecule has 0 aliphatic carbocycles. The van der Waals surface area contributed by atoms with Crippen molar-refractivity contribution in [2.45, 2.75) is 12.8 Å². The highest BCUT2D eigenvalue weighted by Gasteiger charge is 2.08. The molecule has 0 saturated carbocycles. The van der Waals surface area contributed by atoms with Crippen LogP contribution in [-0.2, 0) is 9.59 Å². The molecule has 0 bridgehead atoms. The number of halogens is 1. The normalized spacial score (nSPS) is 9.00. The first-order valence-electron chi connectivity index (χ1n) is 2.50. The lowest BCUT2D eigenvalue weighted by Crippen LogP contribution is -2.11. The number of carbonyl (C=O) groups excluding carboxylic acids is 1. The van der Waals surface area contributed by atoms with Crippen LogP contribution in [0, 0.1) is 0 Å². The van der Waals surface area contributed by atoms with Crippen molar-refractivity contribution in [1.29, 1.82) is 0 Å². The molecule has 9 heavy (non-hydrogen) atoms. The molecule has 0 atom stereocenters. The minimum atomic E-state index is -1.37. The first-order valence-corrected chi connectivity index (χ1v) is 3.04. The molecule has 1 N–H and O–H groups in total. The van der Waals surface area contributed by atoms with Crippen LogP contribution < -0.4 is 0 Å². The van der Waals surface area contributed by atoms with Crippen LogP contribution in [0.2, 0.25) is 0 Å². The lowest BCUT2D eigenvalue weighted by atomic mass is 10.2. The minimum Gasteiger partial charge on any atom is -0.476 e. The number of carboxylic acid groups (broad SMARTS) is 1. The van der Waals surface area contributed by atoms with Crippen molar-refractivity contribution in [3.05, 3.63) is 0 Å². The summed E-state index contributed by atoms with van der Waals surface area (Å²) in [6.45, 7) is 0.